The van der Waals surface area contributed by atoms with E-state index in [1.54, 1.807) is 13.1 Å². The maximum Gasteiger partial charge on any atom is 0.163 e. The number of hydrogen-bond acceptors (Lipinski definition) is 3. The van der Waals surface area contributed by atoms with Crippen LogP contribution in [0.15, 0.2) is 42.7 Å². The highest BCUT2D eigenvalue weighted by Gasteiger charge is 2.08. The quantitative estimate of drug-likeness (QED) is 0.770. The Kier molecular flexibility index (Phi) is 4.29. The van der Waals surface area contributed by atoms with E-state index in [0.29, 0.717) is 17.9 Å². The van der Waals surface area contributed by atoms with Crippen molar-refractivity contribution in [3.8, 4) is 5.75 Å². The molecule has 0 aliphatic rings. The lowest BCUT2D eigenvalue weighted by Crippen LogP contribution is -2.05. The van der Waals surface area contributed by atoms with E-state index in [1.165, 1.54) is 0 Å². The van der Waals surface area contributed by atoms with Crippen LogP contribution in [0.4, 0.5) is 0 Å². The second-order valence-corrected chi connectivity index (χ2v) is 4.52. The molecule has 0 aliphatic carbocycles. The Morgan fingerprint density at radius 2 is 2.16 bits per heavy atom. The highest BCUT2D eigenvalue weighted by atomic mass is 16.5. The summed E-state index contributed by atoms with van der Waals surface area (Å²) in [6.07, 6.45) is 4.35. The minimum absolute atomic E-state index is 0.0244. The van der Waals surface area contributed by atoms with Gasteiger partial charge in [0.15, 0.2) is 5.78 Å². The molecule has 0 amide bonds. The van der Waals surface area contributed by atoms with E-state index in [1.807, 2.05) is 43.5 Å². The SMILES string of the molecule is CC(=O)c1ccc(C)cc1OCCc1cccnc1. The van der Waals surface area contributed by atoms with Crippen LogP contribution in [-0.4, -0.2) is 17.4 Å². The van der Waals surface area contributed by atoms with Crippen LogP contribution >= 0.6 is 0 Å². The molecule has 0 N–H and O–H groups in total. The van der Waals surface area contributed by atoms with Crippen LogP contribution in [0.3, 0.4) is 0 Å². The molecule has 98 valence electrons. The molecule has 2 aromatic rings. The van der Waals surface area contributed by atoms with E-state index in [2.05, 4.69) is 4.98 Å². The lowest BCUT2D eigenvalue weighted by molar-refractivity contribution is 0.101. The van der Waals surface area contributed by atoms with Crippen LogP contribution < -0.4 is 4.74 Å². The van der Waals surface area contributed by atoms with Crippen molar-refractivity contribution in [1.29, 1.82) is 0 Å². The van der Waals surface area contributed by atoms with Crippen molar-refractivity contribution >= 4 is 5.78 Å². The van der Waals surface area contributed by atoms with E-state index in [4.69, 9.17) is 4.74 Å². The molecule has 0 saturated carbocycles. The largest absolute Gasteiger partial charge is 0.492 e. The second kappa shape index (κ2) is 6.14. The first-order valence-electron chi connectivity index (χ1n) is 6.30. The number of rotatable bonds is 5. The van der Waals surface area contributed by atoms with E-state index in [9.17, 15) is 4.79 Å². The molecule has 1 aromatic carbocycles. The summed E-state index contributed by atoms with van der Waals surface area (Å²) < 4.78 is 5.73. The molecule has 0 saturated heterocycles. The topological polar surface area (TPSA) is 39.2 Å². The molecule has 2 rings (SSSR count). The van der Waals surface area contributed by atoms with Gasteiger partial charge in [-0.25, -0.2) is 0 Å². The summed E-state index contributed by atoms with van der Waals surface area (Å²) in [6, 6.07) is 9.56. The molecule has 3 nitrogen and oxygen atoms in total. The summed E-state index contributed by atoms with van der Waals surface area (Å²) >= 11 is 0. The Balaban J connectivity index is 2.03. The van der Waals surface area contributed by atoms with Crippen LogP contribution in [0, 0.1) is 6.92 Å². The Morgan fingerprint density at radius 3 is 2.84 bits per heavy atom. The maximum atomic E-state index is 11.5. The van der Waals surface area contributed by atoms with Crippen molar-refractivity contribution in [2.24, 2.45) is 0 Å². The molecule has 0 unspecified atom stereocenters. The molecule has 0 fully saturated rings. The fourth-order valence-electron chi connectivity index (χ4n) is 1.86. The summed E-state index contributed by atoms with van der Waals surface area (Å²) in [6.45, 7) is 4.08. The lowest BCUT2D eigenvalue weighted by atomic mass is 10.1. The number of pyridine rings is 1. The fraction of sp³-hybridized carbons (Fsp3) is 0.250. The van der Waals surface area contributed by atoms with E-state index < -0.39 is 0 Å². The molecule has 3 heteroatoms. The third-order valence-corrected chi connectivity index (χ3v) is 2.89. The Bertz CT molecular complexity index is 564. The molecule has 19 heavy (non-hydrogen) atoms. The Labute approximate surface area is 113 Å². The summed E-state index contributed by atoms with van der Waals surface area (Å²) in [4.78, 5) is 15.6. The van der Waals surface area contributed by atoms with Gasteiger partial charge in [0.1, 0.15) is 5.75 Å². The Hall–Kier alpha value is -2.16. The number of carbonyl (C=O) groups is 1. The minimum atomic E-state index is 0.0244. The minimum Gasteiger partial charge on any atom is -0.492 e. The fourth-order valence-corrected chi connectivity index (χ4v) is 1.86. The van der Waals surface area contributed by atoms with Crippen molar-refractivity contribution < 1.29 is 9.53 Å². The Morgan fingerprint density at radius 1 is 1.32 bits per heavy atom. The summed E-state index contributed by atoms with van der Waals surface area (Å²) in [5.74, 6) is 0.688. The molecule has 0 radical (unpaired) electrons. The third-order valence-electron chi connectivity index (χ3n) is 2.89. The van der Waals surface area contributed by atoms with Gasteiger partial charge in [-0.2, -0.15) is 0 Å². The maximum absolute atomic E-state index is 11.5. The number of benzene rings is 1. The number of ether oxygens (including phenoxy) is 1. The van der Waals surface area contributed by atoms with Gasteiger partial charge in [-0.15, -0.1) is 0 Å². The van der Waals surface area contributed by atoms with Gasteiger partial charge in [0, 0.05) is 18.8 Å². The van der Waals surface area contributed by atoms with Gasteiger partial charge in [0.2, 0.25) is 0 Å². The van der Waals surface area contributed by atoms with Gasteiger partial charge in [-0.05, 0) is 43.2 Å². The molecule has 0 spiro atoms. The van der Waals surface area contributed by atoms with E-state index in [0.717, 1.165) is 17.5 Å². The molecule has 1 aromatic heterocycles. The zero-order valence-electron chi connectivity index (χ0n) is 11.2. The van der Waals surface area contributed by atoms with Crippen LogP contribution in [-0.2, 0) is 6.42 Å². The molecule has 0 atom stereocenters. The average Bonchev–Trinajstić information content (AvgIpc) is 2.39. The van der Waals surface area contributed by atoms with Gasteiger partial charge >= 0.3 is 0 Å². The van der Waals surface area contributed by atoms with Crippen LogP contribution in [0.2, 0.25) is 0 Å². The van der Waals surface area contributed by atoms with Crippen molar-refractivity contribution in [3.05, 3.63) is 59.4 Å². The monoisotopic (exact) mass is 255 g/mol. The van der Waals surface area contributed by atoms with Crippen molar-refractivity contribution in [2.75, 3.05) is 6.61 Å². The number of aryl methyl sites for hydroxylation is 1. The normalized spacial score (nSPS) is 10.2. The number of ketones is 1. The molecular weight excluding hydrogens is 238 g/mol. The lowest BCUT2D eigenvalue weighted by Gasteiger charge is -2.10. The first-order valence-corrected chi connectivity index (χ1v) is 6.30. The van der Waals surface area contributed by atoms with Gasteiger partial charge < -0.3 is 4.74 Å². The predicted molar refractivity (Wildman–Crippen MR) is 74.6 cm³/mol. The van der Waals surface area contributed by atoms with E-state index in [-0.39, 0.29) is 5.78 Å². The van der Waals surface area contributed by atoms with Crippen molar-refractivity contribution in [1.82, 2.24) is 4.98 Å². The van der Waals surface area contributed by atoms with E-state index >= 15 is 0 Å². The molecule has 1 heterocycles. The average molecular weight is 255 g/mol. The molecule has 0 bridgehead atoms. The summed E-state index contributed by atoms with van der Waals surface area (Å²) in [5.41, 5.74) is 2.85. The van der Waals surface area contributed by atoms with Crippen LogP contribution in [0.25, 0.3) is 0 Å². The molecule has 0 aliphatic heterocycles. The number of Topliss-reactive ketones (excluding diaryl/α,β-unsaturated/α-hetero) is 1. The van der Waals surface area contributed by atoms with Gasteiger partial charge in [0.25, 0.3) is 0 Å². The van der Waals surface area contributed by atoms with Gasteiger partial charge in [-0.3, -0.25) is 9.78 Å². The van der Waals surface area contributed by atoms with Crippen molar-refractivity contribution in [3.63, 3.8) is 0 Å². The summed E-state index contributed by atoms with van der Waals surface area (Å²) in [5, 5.41) is 0. The standard InChI is InChI=1S/C16H17NO2/c1-12-5-6-15(13(2)18)16(10-12)19-9-7-14-4-3-8-17-11-14/h3-6,8,10-11H,7,9H2,1-2H3. The number of aromatic nitrogens is 1. The van der Waals surface area contributed by atoms with Crippen LogP contribution in [0.1, 0.15) is 28.4 Å². The first-order chi connectivity index (χ1) is 9.16. The first kappa shape index (κ1) is 13.3. The van der Waals surface area contributed by atoms with Gasteiger partial charge in [0.05, 0.1) is 12.2 Å². The van der Waals surface area contributed by atoms with Crippen LogP contribution in [0.5, 0.6) is 5.75 Å². The smallest absolute Gasteiger partial charge is 0.163 e. The predicted octanol–water partition coefficient (Wildman–Crippen LogP) is 3.21. The number of carbonyl (C=O) groups excluding carboxylic acids is 1. The second-order valence-electron chi connectivity index (χ2n) is 4.52. The van der Waals surface area contributed by atoms with Gasteiger partial charge in [-0.1, -0.05) is 12.1 Å². The molecular formula is C16H17NO2. The zero-order valence-corrected chi connectivity index (χ0v) is 11.2. The number of hydrogen-bond donors (Lipinski definition) is 0. The highest BCUT2D eigenvalue weighted by molar-refractivity contribution is 5.96. The van der Waals surface area contributed by atoms with Crippen molar-refractivity contribution in [2.45, 2.75) is 20.3 Å². The third kappa shape index (κ3) is 3.65. The highest BCUT2D eigenvalue weighted by Crippen LogP contribution is 2.21. The zero-order chi connectivity index (χ0) is 13.7. The number of nitrogens with zero attached hydrogens (tertiary/aromatic N) is 1. The summed E-state index contributed by atoms with van der Waals surface area (Å²) in [7, 11) is 0.